The molecule has 0 unspecified atom stereocenters. The van der Waals surface area contributed by atoms with Gasteiger partial charge in [-0.15, -0.1) is 0 Å². The Morgan fingerprint density at radius 2 is 1.68 bits per heavy atom. The number of aromatic nitrogens is 6. The molecule has 0 atom stereocenters. The lowest BCUT2D eigenvalue weighted by molar-refractivity contribution is 0.822. The number of rotatable bonds is 3. The highest BCUT2D eigenvalue weighted by Crippen LogP contribution is 2.24. The second-order valence-electron chi connectivity index (χ2n) is 6.16. The second-order valence-corrected chi connectivity index (χ2v) is 6.16. The van der Waals surface area contributed by atoms with Gasteiger partial charge in [0.2, 0.25) is 5.43 Å². The van der Waals surface area contributed by atoms with E-state index < -0.39 is 0 Å². The average molecular weight is 366 g/mol. The minimum absolute atomic E-state index is 0.180. The number of nitrogens with zero attached hydrogens (tertiary/aromatic N) is 6. The Morgan fingerprint density at radius 3 is 2.57 bits per heavy atom. The summed E-state index contributed by atoms with van der Waals surface area (Å²) in [6.07, 6.45) is 8.40. The third-order valence-corrected chi connectivity index (χ3v) is 4.46. The molecule has 0 aliphatic carbocycles. The second kappa shape index (κ2) is 6.55. The van der Waals surface area contributed by atoms with Crippen LogP contribution in [-0.4, -0.2) is 29.5 Å². The first-order valence-electron chi connectivity index (χ1n) is 8.70. The lowest BCUT2D eigenvalue weighted by atomic mass is 10.2. The quantitative estimate of drug-likeness (QED) is 0.490. The molecular formula is C21H14N6O. The molecule has 0 bridgehead atoms. The summed E-state index contributed by atoms with van der Waals surface area (Å²) in [5.74, 6) is 0. The highest BCUT2D eigenvalue weighted by Gasteiger charge is 2.15. The molecule has 0 saturated heterocycles. The van der Waals surface area contributed by atoms with Crippen molar-refractivity contribution in [3.63, 3.8) is 0 Å². The molecule has 7 heteroatoms. The zero-order valence-electron chi connectivity index (χ0n) is 14.7. The van der Waals surface area contributed by atoms with E-state index >= 15 is 0 Å². The highest BCUT2D eigenvalue weighted by atomic mass is 16.1. The van der Waals surface area contributed by atoms with E-state index in [9.17, 15) is 4.79 Å². The molecule has 134 valence electrons. The monoisotopic (exact) mass is 366 g/mol. The smallest absolute Gasteiger partial charge is 0.209 e. The molecule has 0 radical (unpaired) electrons. The molecule has 1 aromatic carbocycles. The third-order valence-electron chi connectivity index (χ3n) is 4.46. The maximum atomic E-state index is 12.6. The molecule has 7 nitrogen and oxygen atoms in total. The van der Waals surface area contributed by atoms with Crippen molar-refractivity contribution in [3.8, 4) is 22.8 Å². The van der Waals surface area contributed by atoms with Crippen LogP contribution in [0.15, 0.2) is 90.4 Å². The zero-order chi connectivity index (χ0) is 18.9. The number of fused-ring (bicyclic) bond motifs is 1. The predicted octanol–water partition coefficient (Wildman–Crippen LogP) is 3.03. The number of pyridine rings is 2. The van der Waals surface area contributed by atoms with Crippen LogP contribution in [-0.2, 0) is 0 Å². The average Bonchev–Trinajstić information content (AvgIpc) is 3.24. The van der Waals surface area contributed by atoms with Gasteiger partial charge in [0.1, 0.15) is 0 Å². The normalized spacial score (nSPS) is 11.0. The van der Waals surface area contributed by atoms with E-state index in [-0.39, 0.29) is 5.43 Å². The van der Waals surface area contributed by atoms with Crippen molar-refractivity contribution in [3.05, 3.63) is 95.8 Å². The fraction of sp³-hybridized carbons (Fsp3) is 0. The first-order chi connectivity index (χ1) is 13.8. The number of benzene rings is 1. The van der Waals surface area contributed by atoms with Crippen LogP contribution in [0.1, 0.15) is 0 Å². The highest BCUT2D eigenvalue weighted by molar-refractivity contribution is 5.86. The van der Waals surface area contributed by atoms with Gasteiger partial charge in [-0.2, -0.15) is 10.2 Å². The van der Waals surface area contributed by atoms with E-state index in [0.29, 0.717) is 11.4 Å². The van der Waals surface area contributed by atoms with Crippen molar-refractivity contribution < 1.29 is 0 Å². The van der Waals surface area contributed by atoms with E-state index in [0.717, 1.165) is 22.3 Å². The van der Waals surface area contributed by atoms with Crippen molar-refractivity contribution in [1.29, 1.82) is 0 Å². The maximum Gasteiger partial charge on any atom is 0.209 e. The van der Waals surface area contributed by atoms with Gasteiger partial charge in [0.15, 0.2) is 5.69 Å². The SMILES string of the molecule is O=c1ccn(-c2ccncc2)nc1-c1ccnn1-c1cccc2cccnc12. The Balaban J connectivity index is 1.71. The standard InChI is InChI=1S/C21H14N6O/c28-19-9-14-26(16-6-11-22-12-7-16)25-21(19)18-8-13-24-27(18)17-5-1-3-15-4-2-10-23-20(15)17/h1-14H. The minimum atomic E-state index is -0.180. The Bertz CT molecular complexity index is 1330. The molecular weight excluding hydrogens is 352 g/mol. The fourth-order valence-corrected chi connectivity index (χ4v) is 3.16. The lowest BCUT2D eigenvalue weighted by Crippen LogP contribution is -2.15. The van der Waals surface area contributed by atoms with Gasteiger partial charge in [-0.1, -0.05) is 18.2 Å². The van der Waals surface area contributed by atoms with Crippen molar-refractivity contribution in [2.24, 2.45) is 0 Å². The van der Waals surface area contributed by atoms with Crippen LogP contribution in [0.4, 0.5) is 0 Å². The van der Waals surface area contributed by atoms with Gasteiger partial charge >= 0.3 is 0 Å². The maximum absolute atomic E-state index is 12.6. The molecule has 0 aliphatic rings. The van der Waals surface area contributed by atoms with Crippen LogP contribution in [0.2, 0.25) is 0 Å². The van der Waals surface area contributed by atoms with Crippen molar-refractivity contribution in [1.82, 2.24) is 29.5 Å². The molecule has 4 aromatic heterocycles. The Labute approximate surface area is 159 Å². The predicted molar refractivity (Wildman–Crippen MR) is 105 cm³/mol. The third kappa shape index (κ3) is 2.66. The van der Waals surface area contributed by atoms with Crippen molar-refractivity contribution >= 4 is 10.9 Å². The first-order valence-corrected chi connectivity index (χ1v) is 8.70. The largest absolute Gasteiger partial charge is 0.287 e. The topological polar surface area (TPSA) is 78.5 Å². The molecule has 28 heavy (non-hydrogen) atoms. The van der Waals surface area contributed by atoms with Gasteiger partial charge in [-0.05, 0) is 30.3 Å². The molecule has 0 fully saturated rings. The summed E-state index contributed by atoms with van der Waals surface area (Å²) in [5.41, 5.74) is 3.14. The van der Waals surface area contributed by atoms with E-state index in [2.05, 4.69) is 20.2 Å². The first kappa shape index (κ1) is 16.1. The molecule has 5 rings (SSSR count). The van der Waals surface area contributed by atoms with Crippen LogP contribution in [0, 0.1) is 0 Å². The van der Waals surface area contributed by atoms with E-state index in [1.807, 2.05) is 42.5 Å². The number of hydrogen-bond acceptors (Lipinski definition) is 5. The Hall–Kier alpha value is -4.13. The van der Waals surface area contributed by atoms with E-state index in [4.69, 9.17) is 0 Å². The van der Waals surface area contributed by atoms with Gasteiger partial charge in [0, 0.05) is 36.2 Å². The molecule has 0 saturated carbocycles. The molecule has 0 amide bonds. The van der Waals surface area contributed by atoms with Crippen molar-refractivity contribution in [2.75, 3.05) is 0 Å². The van der Waals surface area contributed by atoms with E-state index in [1.54, 1.807) is 46.4 Å². The summed E-state index contributed by atoms with van der Waals surface area (Å²) in [6, 6.07) is 16.7. The van der Waals surface area contributed by atoms with Gasteiger partial charge in [-0.25, -0.2) is 9.36 Å². The van der Waals surface area contributed by atoms with Crippen LogP contribution < -0.4 is 5.43 Å². The number of para-hydroxylation sites is 1. The fourth-order valence-electron chi connectivity index (χ4n) is 3.16. The molecule has 0 N–H and O–H groups in total. The molecule has 5 aromatic rings. The van der Waals surface area contributed by atoms with E-state index in [1.165, 1.54) is 6.07 Å². The summed E-state index contributed by atoms with van der Waals surface area (Å²) < 4.78 is 3.35. The van der Waals surface area contributed by atoms with Gasteiger partial charge in [0.05, 0.1) is 28.8 Å². The van der Waals surface area contributed by atoms with Crippen LogP contribution in [0.25, 0.3) is 33.7 Å². The number of hydrogen-bond donors (Lipinski definition) is 0. The van der Waals surface area contributed by atoms with Gasteiger partial charge in [-0.3, -0.25) is 14.8 Å². The summed E-state index contributed by atoms with van der Waals surface area (Å²) >= 11 is 0. The summed E-state index contributed by atoms with van der Waals surface area (Å²) in [5, 5.41) is 9.98. The summed E-state index contributed by atoms with van der Waals surface area (Å²) in [4.78, 5) is 21.1. The van der Waals surface area contributed by atoms with Crippen molar-refractivity contribution in [2.45, 2.75) is 0 Å². The molecule has 0 spiro atoms. The Kier molecular flexibility index (Phi) is 3.76. The molecule has 0 aliphatic heterocycles. The van der Waals surface area contributed by atoms with Gasteiger partial charge in [0.25, 0.3) is 0 Å². The molecule has 4 heterocycles. The lowest BCUT2D eigenvalue weighted by Gasteiger charge is -2.11. The summed E-state index contributed by atoms with van der Waals surface area (Å²) in [6.45, 7) is 0. The van der Waals surface area contributed by atoms with Crippen LogP contribution >= 0.6 is 0 Å². The zero-order valence-corrected chi connectivity index (χ0v) is 14.7. The minimum Gasteiger partial charge on any atom is -0.287 e. The van der Waals surface area contributed by atoms with Crippen LogP contribution in [0.5, 0.6) is 0 Å². The van der Waals surface area contributed by atoms with Crippen LogP contribution in [0.3, 0.4) is 0 Å². The summed E-state index contributed by atoms with van der Waals surface area (Å²) in [7, 11) is 0. The van der Waals surface area contributed by atoms with Gasteiger partial charge < -0.3 is 0 Å². The Morgan fingerprint density at radius 1 is 0.821 bits per heavy atom.